The summed E-state index contributed by atoms with van der Waals surface area (Å²) in [5.41, 5.74) is 0. The molecule has 3 nitrogen and oxygen atoms in total. The van der Waals surface area contributed by atoms with E-state index >= 15 is 0 Å². The van der Waals surface area contributed by atoms with Crippen LogP contribution in [0.5, 0.6) is 0 Å². The van der Waals surface area contributed by atoms with E-state index < -0.39 is 12.2 Å². The van der Waals surface area contributed by atoms with Crippen molar-refractivity contribution in [1.82, 2.24) is 4.90 Å². The van der Waals surface area contributed by atoms with E-state index in [-0.39, 0.29) is 5.82 Å². The van der Waals surface area contributed by atoms with Gasteiger partial charge in [0.1, 0.15) is 5.82 Å². The number of benzene rings is 1. The fourth-order valence-corrected chi connectivity index (χ4v) is 2.77. The minimum absolute atomic E-state index is 0.222. The summed E-state index contributed by atoms with van der Waals surface area (Å²) in [4.78, 5) is 3.07. The van der Waals surface area contributed by atoms with Gasteiger partial charge in [-0.25, -0.2) is 4.39 Å². The van der Waals surface area contributed by atoms with E-state index in [0.29, 0.717) is 13.1 Å². The van der Waals surface area contributed by atoms with Crippen molar-refractivity contribution in [3.05, 3.63) is 30.1 Å². The number of nitrogens with zero attached hydrogens (tertiary/aromatic N) is 1. The maximum atomic E-state index is 12.7. The molecule has 2 rings (SSSR count). The van der Waals surface area contributed by atoms with E-state index in [0.717, 1.165) is 17.2 Å². The van der Waals surface area contributed by atoms with Gasteiger partial charge in [0.05, 0.1) is 12.2 Å². The van der Waals surface area contributed by atoms with Gasteiger partial charge in [0, 0.05) is 30.3 Å². The van der Waals surface area contributed by atoms with Crippen molar-refractivity contribution in [2.75, 3.05) is 25.4 Å². The van der Waals surface area contributed by atoms with E-state index in [4.69, 9.17) is 0 Å². The molecule has 1 heterocycles. The van der Waals surface area contributed by atoms with Gasteiger partial charge in [-0.3, -0.25) is 4.90 Å². The molecule has 17 heavy (non-hydrogen) atoms. The summed E-state index contributed by atoms with van der Waals surface area (Å²) in [5, 5.41) is 18.7. The normalized spacial score (nSPS) is 25.4. The third kappa shape index (κ3) is 3.67. The maximum Gasteiger partial charge on any atom is 0.123 e. The lowest BCUT2D eigenvalue weighted by atomic mass is 10.3. The lowest BCUT2D eigenvalue weighted by Gasteiger charge is -2.13. The summed E-state index contributed by atoms with van der Waals surface area (Å²) in [6.07, 6.45) is -1.24. The quantitative estimate of drug-likeness (QED) is 0.788. The van der Waals surface area contributed by atoms with Crippen molar-refractivity contribution in [1.29, 1.82) is 0 Å². The van der Waals surface area contributed by atoms with Gasteiger partial charge in [-0.15, -0.1) is 11.8 Å². The van der Waals surface area contributed by atoms with Crippen molar-refractivity contribution in [3.63, 3.8) is 0 Å². The van der Waals surface area contributed by atoms with Crippen LogP contribution in [0.1, 0.15) is 0 Å². The van der Waals surface area contributed by atoms with Crippen LogP contribution in [0.25, 0.3) is 0 Å². The average molecular weight is 257 g/mol. The second kappa shape index (κ2) is 5.82. The molecular formula is C12H16FNO2S. The van der Waals surface area contributed by atoms with Crippen LogP contribution in [-0.2, 0) is 0 Å². The molecule has 94 valence electrons. The van der Waals surface area contributed by atoms with Crippen molar-refractivity contribution in [2.24, 2.45) is 0 Å². The first-order valence-electron chi connectivity index (χ1n) is 5.62. The monoisotopic (exact) mass is 257 g/mol. The summed E-state index contributed by atoms with van der Waals surface area (Å²) in [6.45, 7) is 1.88. The number of halogens is 1. The van der Waals surface area contributed by atoms with Crippen molar-refractivity contribution >= 4 is 11.8 Å². The zero-order valence-corrected chi connectivity index (χ0v) is 10.2. The molecule has 1 aliphatic rings. The first-order valence-corrected chi connectivity index (χ1v) is 6.60. The molecule has 1 aromatic rings. The minimum atomic E-state index is -0.620. The van der Waals surface area contributed by atoms with E-state index in [1.165, 1.54) is 12.1 Å². The van der Waals surface area contributed by atoms with E-state index in [2.05, 4.69) is 0 Å². The van der Waals surface area contributed by atoms with Crippen molar-refractivity contribution in [3.8, 4) is 0 Å². The number of aliphatic hydroxyl groups excluding tert-OH is 2. The average Bonchev–Trinajstić information content (AvgIpc) is 2.61. The molecule has 0 aliphatic carbocycles. The number of hydrogen-bond donors (Lipinski definition) is 2. The predicted molar refractivity (Wildman–Crippen MR) is 65.6 cm³/mol. The zero-order valence-electron chi connectivity index (χ0n) is 9.42. The zero-order chi connectivity index (χ0) is 12.3. The van der Waals surface area contributed by atoms with Crippen molar-refractivity contribution < 1.29 is 14.6 Å². The van der Waals surface area contributed by atoms with Crippen LogP contribution in [0.4, 0.5) is 4.39 Å². The minimum Gasteiger partial charge on any atom is -0.389 e. The summed E-state index contributed by atoms with van der Waals surface area (Å²) in [5.74, 6) is 0.644. The first-order chi connectivity index (χ1) is 8.15. The molecule has 1 aromatic carbocycles. The molecule has 0 unspecified atom stereocenters. The fraction of sp³-hybridized carbons (Fsp3) is 0.500. The van der Waals surface area contributed by atoms with Gasteiger partial charge >= 0.3 is 0 Å². The Kier molecular flexibility index (Phi) is 4.39. The van der Waals surface area contributed by atoms with Crippen LogP contribution in [0.2, 0.25) is 0 Å². The molecule has 1 saturated heterocycles. The topological polar surface area (TPSA) is 43.7 Å². The fourth-order valence-electron chi connectivity index (χ4n) is 1.85. The number of rotatable bonds is 4. The van der Waals surface area contributed by atoms with Gasteiger partial charge in [-0.2, -0.15) is 0 Å². The van der Waals surface area contributed by atoms with Gasteiger partial charge in [-0.05, 0) is 24.3 Å². The van der Waals surface area contributed by atoms with E-state index in [1.54, 1.807) is 23.9 Å². The summed E-state index contributed by atoms with van der Waals surface area (Å²) >= 11 is 1.65. The molecule has 0 spiro atoms. The van der Waals surface area contributed by atoms with E-state index in [9.17, 15) is 14.6 Å². The molecule has 0 saturated carbocycles. The molecule has 1 fully saturated rings. The molecule has 0 amide bonds. The smallest absolute Gasteiger partial charge is 0.123 e. The Morgan fingerprint density at radius 1 is 1.18 bits per heavy atom. The Bertz CT molecular complexity index is 350. The highest BCUT2D eigenvalue weighted by molar-refractivity contribution is 7.99. The molecule has 2 atom stereocenters. The van der Waals surface area contributed by atoms with Crippen LogP contribution in [0, 0.1) is 5.82 Å². The number of aliphatic hydroxyl groups is 2. The maximum absolute atomic E-state index is 12.7. The predicted octanol–water partition coefficient (Wildman–Crippen LogP) is 0.955. The molecule has 1 aliphatic heterocycles. The summed E-state index contributed by atoms with van der Waals surface area (Å²) in [7, 11) is 0. The lowest BCUT2D eigenvalue weighted by Crippen LogP contribution is -2.24. The highest BCUT2D eigenvalue weighted by Crippen LogP contribution is 2.19. The Balaban J connectivity index is 1.71. The largest absolute Gasteiger partial charge is 0.389 e. The van der Waals surface area contributed by atoms with Gasteiger partial charge in [-0.1, -0.05) is 0 Å². The standard InChI is InChI=1S/C12H16FNO2S/c13-9-1-3-10(4-2-9)17-6-5-14-7-11(15)12(16)8-14/h1-4,11-12,15-16H,5-8H2/t11-,12-/m0/s1. The summed E-state index contributed by atoms with van der Waals surface area (Å²) in [6, 6.07) is 6.42. The van der Waals surface area contributed by atoms with Gasteiger partial charge in [0.2, 0.25) is 0 Å². The number of β-amino-alcohol motifs (C(OH)–C–C–N with tert-alkyl or cyclic N) is 2. The highest BCUT2D eigenvalue weighted by Gasteiger charge is 2.28. The van der Waals surface area contributed by atoms with Crippen molar-refractivity contribution in [2.45, 2.75) is 17.1 Å². The Labute approximate surface area is 104 Å². The second-order valence-electron chi connectivity index (χ2n) is 4.20. The van der Waals surface area contributed by atoms with Gasteiger partial charge in [0.15, 0.2) is 0 Å². The Hall–Kier alpha value is -0.620. The molecule has 0 aromatic heterocycles. The Morgan fingerprint density at radius 3 is 2.35 bits per heavy atom. The van der Waals surface area contributed by atoms with Gasteiger partial charge in [0.25, 0.3) is 0 Å². The highest BCUT2D eigenvalue weighted by atomic mass is 32.2. The lowest BCUT2D eigenvalue weighted by molar-refractivity contribution is 0.0572. The van der Waals surface area contributed by atoms with Crippen LogP contribution < -0.4 is 0 Å². The number of thioether (sulfide) groups is 1. The molecular weight excluding hydrogens is 241 g/mol. The first kappa shape index (κ1) is 12.8. The second-order valence-corrected chi connectivity index (χ2v) is 5.36. The molecule has 0 radical (unpaired) electrons. The van der Waals surface area contributed by atoms with Gasteiger partial charge < -0.3 is 10.2 Å². The van der Waals surface area contributed by atoms with Crippen LogP contribution >= 0.6 is 11.8 Å². The third-order valence-electron chi connectivity index (χ3n) is 2.82. The van der Waals surface area contributed by atoms with E-state index in [1.807, 2.05) is 4.90 Å². The third-order valence-corrected chi connectivity index (χ3v) is 3.82. The Morgan fingerprint density at radius 2 is 1.76 bits per heavy atom. The molecule has 5 heteroatoms. The van der Waals surface area contributed by atoms with Crippen LogP contribution in [0.3, 0.4) is 0 Å². The SMILES string of the molecule is O[C@H]1CN(CCSc2ccc(F)cc2)C[C@@H]1O. The molecule has 2 N–H and O–H groups in total. The summed E-state index contributed by atoms with van der Waals surface area (Å²) < 4.78 is 12.7. The van der Waals surface area contributed by atoms with Crippen LogP contribution in [-0.4, -0.2) is 52.7 Å². The van der Waals surface area contributed by atoms with Crippen LogP contribution in [0.15, 0.2) is 29.2 Å². The number of likely N-dealkylation sites (tertiary alicyclic amines) is 1. The number of hydrogen-bond acceptors (Lipinski definition) is 4. The molecule has 0 bridgehead atoms.